The van der Waals surface area contributed by atoms with E-state index in [1.807, 2.05) is 0 Å². The predicted octanol–water partition coefficient (Wildman–Crippen LogP) is 3.24. The number of carbonyl (C=O) groups excluding carboxylic acids is 1. The molecule has 2 fully saturated rings. The maximum absolute atomic E-state index is 12.2. The van der Waals surface area contributed by atoms with E-state index < -0.39 is 11.9 Å². The molecule has 0 spiro atoms. The predicted molar refractivity (Wildman–Crippen MR) is 85.7 cm³/mol. The summed E-state index contributed by atoms with van der Waals surface area (Å²) in [5, 5.41) is 12.1. The van der Waals surface area contributed by atoms with Crippen molar-refractivity contribution in [2.24, 2.45) is 11.8 Å². The summed E-state index contributed by atoms with van der Waals surface area (Å²) in [5.74, 6) is -0.362. The summed E-state index contributed by atoms with van der Waals surface area (Å²) in [4.78, 5) is 25.0. The van der Waals surface area contributed by atoms with Crippen molar-refractivity contribution in [2.75, 3.05) is 13.1 Å². The number of hydrogen-bond donors (Lipinski definition) is 2. The van der Waals surface area contributed by atoms with E-state index in [0.29, 0.717) is 19.5 Å². The highest BCUT2D eigenvalue weighted by atomic mass is 16.4. The average molecular weight is 310 g/mol. The lowest BCUT2D eigenvalue weighted by Gasteiger charge is -2.32. The molecule has 126 valence electrons. The monoisotopic (exact) mass is 310 g/mol. The summed E-state index contributed by atoms with van der Waals surface area (Å²) in [7, 11) is 0. The van der Waals surface area contributed by atoms with Crippen LogP contribution in [0.3, 0.4) is 0 Å². The van der Waals surface area contributed by atoms with E-state index in [0.717, 1.165) is 18.8 Å². The molecule has 0 aromatic heterocycles. The van der Waals surface area contributed by atoms with Crippen molar-refractivity contribution in [3.8, 4) is 0 Å². The van der Waals surface area contributed by atoms with Crippen molar-refractivity contribution in [1.82, 2.24) is 10.2 Å². The van der Waals surface area contributed by atoms with E-state index in [1.165, 1.54) is 38.5 Å². The SMILES string of the molecule is CC(CCC1CCCCC1)NC(=O)N1CCCC(C(=O)O)C1. The van der Waals surface area contributed by atoms with Gasteiger partial charge in [0.1, 0.15) is 0 Å². The highest BCUT2D eigenvalue weighted by Crippen LogP contribution is 2.27. The molecule has 1 aliphatic heterocycles. The molecule has 0 radical (unpaired) electrons. The molecule has 22 heavy (non-hydrogen) atoms. The minimum atomic E-state index is -0.789. The number of urea groups is 1. The molecule has 5 heteroatoms. The molecular formula is C17H30N2O3. The normalized spacial score (nSPS) is 24.8. The Morgan fingerprint density at radius 1 is 1.18 bits per heavy atom. The first kappa shape index (κ1) is 17.1. The van der Waals surface area contributed by atoms with Gasteiger partial charge in [0, 0.05) is 19.1 Å². The van der Waals surface area contributed by atoms with Crippen LogP contribution in [0.1, 0.15) is 64.7 Å². The number of rotatable bonds is 5. The molecule has 2 rings (SSSR count). The van der Waals surface area contributed by atoms with Crippen molar-refractivity contribution in [3.63, 3.8) is 0 Å². The minimum Gasteiger partial charge on any atom is -0.481 e. The van der Waals surface area contributed by atoms with Crippen LogP contribution >= 0.6 is 0 Å². The Balaban J connectivity index is 1.69. The zero-order chi connectivity index (χ0) is 15.9. The van der Waals surface area contributed by atoms with E-state index in [-0.39, 0.29) is 12.1 Å². The number of carbonyl (C=O) groups is 2. The largest absolute Gasteiger partial charge is 0.481 e. The van der Waals surface area contributed by atoms with Gasteiger partial charge in [0.2, 0.25) is 0 Å². The molecular weight excluding hydrogens is 280 g/mol. The average Bonchev–Trinajstić information content (AvgIpc) is 2.54. The zero-order valence-electron chi connectivity index (χ0n) is 13.7. The summed E-state index contributed by atoms with van der Waals surface area (Å²) in [6.45, 7) is 3.07. The summed E-state index contributed by atoms with van der Waals surface area (Å²) >= 11 is 0. The van der Waals surface area contributed by atoms with Gasteiger partial charge in [0.25, 0.3) is 0 Å². The topological polar surface area (TPSA) is 69.6 Å². The third kappa shape index (κ3) is 5.18. The lowest BCUT2D eigenvalue weighted by Crippen LogP contribution is -2.49. The van der Waals surface area contributed by atoms with Gasteiger partial charge in [0.15, 0.2) is 0 Å². The molecule has 0 aromatic carbocycles. The Kier molecular flexibility index (Phi) is 6.52. The number of hydrogen-bond acceptors (Lipinski definition) is 2. The molecule has 1 heterocycles. The van der Waals surface area contributed by atoms with Crippen molar-refractivity contribution in [1.29, 1.82) is 0 Å². The molecule has 2 atom stereocenters. The van der Waals surface area contributed by atoms with Crippen LogP contribution in [0.25, 0.3) is 0 Å². The number of nitrogens with zero attached hydrogens (tertiary/aromatic N) is 1. The fourth-order valence-electron chi connectivity index (χ4n) is 3.70. The molecule has 0 bridgehead atoms. The van der Waals surface area contributed by atoms with E-state index in [1.54, 1.807) is 4.90 Å². The van der Waals surface area contributed by atoms with Crippen molar-refractivity contribution >= 4 is 12.0 Å². The number of piperidine rings is 1. The molecule has 5 nitrogen and oxygen atoms in total. The van der Waals surface area contributed by atoms with E-state index >= 15 is 0 Å². The molecule has 2 unspecified atom stereocenters. The maximum Gasteiger partial charge on any atom is 0.317 e. The third-order valence-corrected chi connectivity index (χ3v) is 5.16. The summed E-state index contributed by atoms with van der Waals surface area (Å²) in [6.07, 6.45) is 10.4. The summed E-state index contributed by atoms with van der Waals surface area (Å²) in [5.41, 5.74) is 0. The van der Waals surface area contributed by atoms with Crippen LogP contribution in [-0.2, 0) is 4.79 Å². The highest BCUT2D eigenvalue weighted by Gasteiger charge is 2.28. The summed E-state index contributed by atoms with van der Waals surface area (Å²) in [6, 6.07) is 0.0710. The third-order valence-electron chi connectivity index (χ3n) is 5.16. The Morgan fingerprint density at radius 2 is 1.91 bits per heavy atom. The second-order valence-corrected chi connectivity index (χ2v) is 7.06. The first-order valence-corrected chi connectivity index (χ1v) is 8.84. The van der Waals surface area contributed by atoms with Gasteiger partial charge in [-0.25, -0.2) is 4.79 Å². The fourth-order valence-corrected chi connectivity index (χ4v) is 3.70. The molecule has 2 amide bonds. The van der Waals surface area contributed by atoms with Crippen LogP contribution < -0.4 is 5.32 Å². The van der Waals surface area contributed by atoms with Crippen LogP contribution in [0.15, 0.2) is 0 Å². The second-order valence-electron chi connectivity index (χ2n) is 7.06. The molecule has 0 aromatic rings. The second kappa shape index (κ2) is 8.39. The molecule has 2 N–H and O–H groups in total. The quantitative estimate of drug-likeness (QED) is 0.819. The maximum atomic E-state index is 12.2. The van der Waals surface area contributed by atoms with Crippen LogP contribution in [0.4, 0.5) is 4.79 Å². The van der Waals surface area contributed by atoms with Crippen LogP contribution in [-0.4, -0.2) is 41.1 Å². The van der Waals surface area contributed by atoms with Gasteiger partial charge in [0.05, 0.1) is 5.92 Å². The molecule has 2 aliphatic rings. The van der Waals surface area contributed by atoms with Gasteiger partial charge < -0.3 is 15.3 Å². The Morgan fingerprint density at radius 3 is 2.59 bits per heavy atom. The lowest BCUT2D eigenvalue weighted by molar-refractivity contribution is -0.143. The van der Waals surface area contributed by atoms with E-state index in [9.17, 15) is 9.59 Å². The van der Waals surface area contributed by atoms with Crippen molar-refractivity contribution < 1.29 is 14.7 Å². The molecule has 1 saturated heterocycles. The van der Waals surface area contributed by atoms with E-state index in [2.05, 4.69) is 12.2 Å². The highest BCUT2D eigenvalue weighted by molar-refractivity contribution is 5.76. The smallest absolute Gasteiger partial charge is 0.317 e. The van der Waals surface area contributed by atoms with Crippen LogP contribution in [0.5, 0.6) is 0 Å². The van der Waals surface area contributed by atoms with Crippen LogP contribution in [0.2, 0.25) is 0 Å². The number of likely N-dealkylation sites (tertiary alicyclic amines) is 1. The van der Waals surface area contributed by atoms with Gasteiger partial charge >= 0.3 is 12.0 Å². The minimum absolute atomic E-state index is 0.0953. The van der Waals surface area contributed by atoms with E-state index in [4.69, 9.17) is 5.11 Å². The number of carboxylic acid groups (broad SMARTS) is 1. The van der Waals surface area contributed by atoms with Gasteiger partial charge in [-0.1, -0.05) is 32.1 Å². The Hall–Kier alpha value is -1.26. The number of nitrogens with one attached hydrogen (secondary N) is 1. The standard InChI is InChI=1S/C17H30N2O3/c1-13(9-10-14-6-3-2-4-7-14)18-17(22)19-11-5-8-15(12-19)16(20)21/h13-15H,2-12H2,1H3,(H,18,22)(H,20,21). The Bertz CT molecular complexity index is 380. The van der Waals surface area contributed by atoms with Gasteiger partial charge in [-0.3, -0.25) is 4.79 Å². The molecule has 1 aliphatic carbocycles. The number of amides is 2. The van der Waals surface area contributed by atoms with Crippen LogP contribution in [0, 0.1) is 11.8 Å². The van der Waals surface area contributed by atoms with Gasteiger partial charge in [-0.05, 0) is 38.5 Å². The fraction of sp³-hybridized carbons (Fsp3) is 0.882. The first-order valence-electron chi connectivity index (χ1n) is 8.84. The Labute approximate surface area is 133 Å². The molecule has 1 saturated carbocycles. The summed E-state index contributed by atoms with van der Waals surface area (Å²) < 4.78 is 0. The van der Waals surface area contributed by atoms with Crippen molar-refractivity contribution in [3.05, 3.63) is 0 Å². The van der Waals surface area contributed by atoms with Gasteiger partial charge in [-0.2, -0.15) is 0 Å². The van der Waals surface area contributed by atoms with Crippen molar-refractivity contribution in [2.45, 2.75) is 70.8 Å². The van der Waals surface area contributed by atoms with Gasteiger partial charge in [-0.15, -0.1) is 0 Å². The lowest BCUT2D eigenvalue weighted by atomic mass is 9.85. The zero-order valence-corrected chi connectivity index (χ0v) is 13.7. The number of carboxylic acids is 1. The number of aliphatic carboxylic acids is 1. The first-order chi connectivity index (χ1) is 10.6.